The number of ether oxygens (including phenoxy) is 1. The molecule has 104 valence electrons. The van der Waals surface area contributed by atoms with Crippen LogP contribution in [0.15, 0.2) is 47.4 Å². The van der Waals surface area contributed by atoms with Gasteiger partial charge in [0, 0.05) is 11.0 Å². The molecule has 0 saturated heterocycles. The van der Waals surface area contributed by atoms with Crippen molar-refractivity contribution in [3.05, 3.63) is 53.8 Å². The van der Waals surface area contributed by atoms with Gasteiger partial charge in [-0.2, -0.15) is 0 Å². The molecule has 0 atom stereocenters. The highest BCUT2D eigenvalue weighted by Gasteiger charge is 2.13. The van der Waals surface area contributed by atoms with E-state index in [0.717, 1.165) is 10.6 Å². The SMILES string of the molecule is CCSc1cccc(Oc2cccc(F)c2)c1C(N)=S. The molecule has 20 heavy (non-hydrogen) atoms. The van der Waals surface area contributed by atoms with Crippen LogP contribution in [0.3, 0.4) is 0 Å². The fourth-order valence-corrected chi connectivity index (χ4v) is 2.89. The molecule has 2 N–H and O–H groups in total. The van der Waals surface area contributed by atoms with Crippen molar-refractivity contribution >= 4 is 29.0 Å². The van der Waals surface area contributed by atoms with E-state index >= 15 is 0 Å². The second kappa shape index (κ2) is 6.72. The molecule has 0 bridgehead atoms. The van der Waals surface area contributed by atoms with Gasteiger partial charge in [-0.25, -0.2) is 4.39 Å². The van der Waals surface area contributed by atoms with Crippen LogP contribution in [-0.4, -0.2) is 10.7 Å². The molecule has 0 unspecified atom stereocenters. The van der Waals surface area contributed by atoms with Gasteiger partial charge in [0.1, 0.15) is 22.3 Å². The lowest BCUT2D eigenvalue weighted by molar-refractivity contribution is 0.474. The van der Waals surface area contributed by atoms with E-state index in [1.165, 1.54) is 12.1 Å². The topological polar surface area (TPSA) is 35.2 Å². The minimum atomic E-state index is -0.349. The molecule has 0 spiro atoms. The van der Waals surface area contributed by atoms with Gasteiger partial charge >= 0.3 is 0 Å². The number of benzene rings is 2. The molecule has 2 aromatic rings. The molecule has 2 aromatic carbocycles. The normalized spacial score (nSPS) is 10.3. The van der Waals surface area contributed by atoms with Crippen molar-refractivity contribution in [3.8, 4) is 11.5 Å². The number of hydrogen-bond acceptors (Lipinski definition) is 3. The van der Waals surface area contributed by atoms with E-state index < -0.39 is 0 Å². The fourth-order valence-electron chi connectivity index (χ4n) is 1.77. The summed E-state index contributed by atoms with van der Waals surface area (Å²) in [5.74, 6) is 1.51. The lowest BCUT2D eigenvalue weighted by atomic mass is 10.2. The number of nitrogens with two attached hydrogens (primary N) is 1. The fraction of sp³-hybridized carbons (Fsp3) is 0.133. The van der Waals surface area contributed by atoms with Gasteiger partial charge < -0.3 is 10.5 Å². The second-order valence-corrected chi connectivity index (χ2v) is 5.73. The zero-order valence-electron chi connectivity index (χ0n) is 10.9. The summed E-state index contributed by atoms with van der Waals surface area (Å²) < 4.78 is 18.9. The number of thiocarbonyl (C=S) groups is 1. The largest absolute Gasteiger partial charge is 0.456 e. The number of thioether (sulfide) groups is 1. The summed E-state index contributed by atoms with van der Waals surface area (Å²) in [5.41, 5.74) is 6.49. The first-order valence-electron chi connectivity index (χ1n) is 6.11. The van der Waals surface area contributed by atoms with Crippen LogP contribution in [0.1, 0.15) is 12.5 Å². The first-order valence-corrected chi connectivity index (χ1v) is 7.50. The Hall–Kier alpha value is -1.59. The smallest absolute Gasteiger partial charge is 0.138 e. The minimum absolute atomic E-state index is 0.271. The van der Waals surface area contributed by atoms with E-state index in [4.69, 9.17) is 22.7 Å². The molecule has 2 rings (SSSR count). The summed E-state index contributed by atoms with van der Waals surface area (Å²) in [6.07, 6.45) is 0. The molecule has 0 saturated carbocycles. The molecule has 2 nitrogen and oxygen atoms in total. The maximum absolute atomic E-state index is 13.2. The number of rotatable bonds is 5. The van der Waals surface area contributed by atoms with Gasteiger partial charge in [-0.05, 0) is 30.0 Å². The van der Waals surface area contributed by atoms with E-state index in [1.807, 2.05) is 19.1 Å². The molecule has 0 aromatic heterocycles. The molecule has 0 heterocycles. The zero-order chi connectivity index (χ0) is 14.5. The Morgan fingerprint density at radius 2 is 2.05 bits per heavy atom. The van der Waals surface area contributed by atoms with E-state index in [9.17, 15) is 4.39 Å². The van der Waals surface area contributed by atoms with Gasteiger partial charge in [0.25, 0.3) is 0 Å². The van der Waals surface area contributed by atoms with Crippen molar-refractivity contribution in [3.63, 3.8) is 0 Å². The Morgan fingerprint density at radius 3 is 2.70 bits per heavy atom. The molecule has 0 amide bonds. The van der Waals surface area contributed by atoms with Gasteiger partial charge in [0.15, 0.2) is 0 Å². The third-order valence-corrected chi connectivity index (χ3v) is 3.70. The summed E-state index contributed by atoms with van der Waals surface area (Å²) >= 11 is 6.74. The molecule has 0 aliphatic carbocycles. The summed E-state index contributed by atoms with van der Waals surface area (Å²) in [6, 6.07) is 11.6. The molecular formula is C15H14FNOS2. The van der Waals surface area contributed by atoms with Gasteiger partial charge in [-0.3, -0.25) is 0 Å². The summed E-state index contributed by atoms with van der Waals surface area (Å²) in [5, 5.41) is 0. The summed E-state index contributed by atoms with van der Waals surface area (Å²) in [4.78, 5) is 1.24. The van der Waals surface area contributed by atoms with E-state index in [-0.39, 0.29) is 10.8 Å². The summed E-state index contributed by atoms with van der Waals surface area (Å²) in [6.45, 7) is 2.05. The Balaban J connectivity index is 2.40. The maximum atomic E-state index is 13.2. The first-order chi connectivity index (χ1) is 9.61. The third-order valence-electron chi connectivity index (χ3n) is 2.56. The average molecular weight is 307 g/mol. The first kappa shape index (κ1) is 14.8. The summed E-state index contributed by atoms with van der Waals surface area (Å²) in [7, 11) is 0. The Bertz CT molecular complexity index is 631. The predicted octanol–water partition coefficient (Wildman–Crippen LogP) is 4.36. The van der Waals surface area contributed by atoms with Crippen molar-refractivity contribution in [1.82, 2.24) is 0 Å². The van der Waals surface area contributed by atoms with Crippen LogP contribution in [0.25, 0.3) is 0 Å². The van der Waals surface area contributed by atoms with Crippen LogP contribution in [0.2, 0.25) is 0 Å². The molecule has 0 radical (unpaired) electrons. The van der Waals surface area contributed by atoms with Gasteiger partial charge in [0.2, 0.25) is 0 Å². The number of hydrogen-bond donors (Lipinski definition) is 1. The zero-order valence-corrected chi connectivity index (χ0v) is 12.6. The van der Waals surface area contributed by atoms with Crippen molar-refractivity contribution in [1.29, 1.82) is 0 Å². The molecule has 0 aliphatic heterocycles. The van der Waals surface area contributed by atoms with Gasteiger partial charge in [-0.1, -0.05) is 31.3 Å². The van der Waals surface area contributed by atoms with Crippen molar-refractivity contribution < 1.29 is 9.13 Å². The van der Waals surface area contributed by atoms with Gasteiger partial charge in [-0.15, -0.1) is 11.8 Å². The molecule has 5 heteroatoms. The average Bonchev–Trinajstić information content (AvgIpc) is 2.39. The monoisotopic (exact) mass is 307 g/mol. The van der Waals surface area contributed by atoms with Crippen LogP contribution >= 0.6 is 24.0 Å². The highest BCUT2D eigenvalue weighted by Crippen LogP contribution is 2.33. The second-order valence-electron chi connectivity index (χ2n) is 3.99. The Morgan fingerprint density at radius 1 is 1.30 bits per heavy atom. The van der Waals surface area contributed by atoms with Crippen LogP contribution in [-0.2, 0) is 0 Å². The highest BCUT2D eigenvalue weighted by molar-refractivity contribution is 7.99. The van der Waals surface area contributed by atoms with E-state index in [0.29, 0.717) is 17.1 Å². The molecule has 0 fully saturated rings. The Labute approximate surface area is 127 Å². The van der Waals surface area contributed by atoms with Crippen molar-refractivity contribution in [2.24, 2.45) is 5.73 Å². The van der Waals surface area contributed by atoms with Crippen molar-refractivity contribution in [2.45, 2.75) is 11.8 Å². The lowest BCUT2D eigenvalue weighted by Crippen LogP contribution is -2.12. The molecular weight excluding hydrogens is 293 g/mol. The standard InChI is InChI=1S/C15H14FNOS2/c1-2-20-13-8-4-7-12(14(13)15(17)19)18-11-6-3-5-10(16)9-11/h3-9H,2H2,1H3,(H2,17,19). The van der Waals surface area contributed by atoms with Crippen LogP contribution in [0, 0.1) is 5.82 Å². The van der Waals surface area contributed by atoms with Crippen LogP contribution in [0.4, 0.5) is 4.39 Å². The van der Waals surface area contributed by atoms with E-state index in [2.05, 4.69) is 0 Å². The maximum Gasteiger partial charge on any atom is 0.138 e. The van der Waals surface area contributed by atoms with Crippen LogP contribution < -0.4 is 10.5 Å². The van der Waals surface area contributed by atoms with Crippen LogP contribution in [0.5, 0.6) is 11.5 Å². The molecule has 0 aliphatic rings. The quantitative estimate of drug-likeness (QED) is 0.657. The van der Waals surface area contributed by atoms with Gasteiger partial charge in [0.05, 0.1) is 5.56 Å². The predicted molar refractivity (Wildman–Crippen MR) is 85.2 cm³/mol. The number of halogens is 1. The third kappa shape index (κ3) is 3.49. The minimum Gasteiger partial charge on any atom is -0.456 e. The highest BCUT2D eigenvalue weighted by atomic mass is 32.2. The van der Waals surface area contributed by atoms with Crippen molar-refractivity contribution in [2.75, 3.05) is 5.75 Å². The lowest BCUT2D eigenvalue weighted by Gasteiger charge is -2.13. The van der Waals surface area contributed by atoms with E-state index in [1.54, 1.807) is 30.0 Å². The Kier molecular flexibility index (Phi) is 4.98.